The molecular formula is C74H77Cl11FNO4. The van der Waals surface area contributed by atoms with Gasteiger partial charge in [0.05, 0.1) is 62.2 Å². The van der Waals surface area contributed by atoms with E-state index in [1.165, 1.54) is 28.3 Å². The molecule has 10 rings (SSSR count). The summed E-state index contributed by atoms with van der Waals surface area (Å²) in [6.45, 7) is 21.8. The molecule has 10 aromatic carbocycles. The highest BCUT2D eigenvalue weighted by molar-refractivity contribution is 6.38. The number of halogens is 12. The van der Waals surface area contributed by atoms with Crippen molar-refractivity contribution in [3.8, 4) is 23.0 Å². The summed E-state index contributed by atoms with van der Waals surface area (Å²) in [7, 11) is 4.83. The summed E-state index contributed by atoms with van der Waals surface area (Å²) in [6.07, 6.45) is 0. The second-order valence-corrected chi connectivity index (χ2v) is 24.5. The van der Waals surface area contributed by atoms with Crippen molar-refractivity contribution in [2.24, 2.45) is 0 Å². The van der Waals surface area contributed by atoms with E-state index in [1.807, 2.05) is 171 Å². The molecule has 5 nitrogen and oxygen atoms in total. The van der Waals surface area contributed by atoms with Gasteiger partial charge in [0.25, 0.3) is 0 Å². The van der Waals surface area contributed by atoms with Crippen LogP contribution < -0.4 is 19.9 Å². The second kappa shape index (κ2) is 45.6. The number of aryl methyl sites for hydroxylation is 10. The third kappa shape index (κ3) is 35.2. The topological polar surface area (TPSA) is 73.9 Å². The maximum atomic E-state index is 12.4. The fourth-order valence-corrected chi connectivity index (χ4v) is 10.00. The van der Waals surface area contributed by atoms with E-state index in [0.29, 0.717) is 51.6 Å². The highest BCUT2D eigenvalue weighted by atomic mass is 35.5. The normalized spacial score (nSPS) is 9.52. The number of phenols is 1. The summed E-state index contributed by atoms with van der Waals surface area (Å²) >= 11 is 62.5. The van der Waals surface area contributed by atoms with Gasteiger partial charge in [-0.15, -0.1) is 0 Å². The summed E-state index contributed by atoms with van der Waals surface area (Å²) in [5.74, 6) is 1.82. The first-order valence-electron chi connectivity index (χ1n) is 27.7. The van der Waals surface area contributed by atoms with Crippen LogP contribution in [0, 0.1) is 82.0 Å². The number of phenolic OH excluding ortho intramolecular Hbond substituents is 1. The Morgan fingerprint density at radius 3 is 1.03 bits per heavy atom. The minimum absolute atomic E-state index is 0.0473. The van der Waals surface area contributed by atoms with Crippen LogP contribution in [0.1, 0.15) is 61.2 Å². The van der Waals surface area contributed by atoms with Crippen molar-refractivity contribution in [1.29, 1.82) is 0 Å². The van der Waals surface area contributed by atoms with Crippen molar-refractivity contribution >= 4 is 133 Å². The van der Waals surface area contributed by atoms with E-state index < -0.39 is 0 Å². The Morgan fingerprint density at radius 1 is 0.308 bits per heavy atom. The van der Waals surface area contributed by atoms with Gasteiger partial charge in [0.1, 0.15) is 17.3 Å². The summed E-state index contributed by atoms with van der Waals surface area (Å²) in [4.78, 5) is 0. The van der Waals surface area contributed by atoms with Gasteiger partial charge in [-0.2, -0.15) is 0 Å². The number of hydrogen-bond donors (Lipinski definition) is 2. The Bertz CT molecular complexity index is 3590. The van der Waals surface area contributed by atoms with Gasteiger partial charge in [-0.3, -0.25) is 0 Å². The van der Waals surface area contributed by atoms with Crippen molar-refractivity contribution in [3.05, 3.63) is 316 Å². The Balaban J connectivity index is 0.000000506. The SMILES string of the molecule is COc1c(Cl)cc(C)cc1Cl.COc1ccc(C)cc1Cl.COc1ccccc1C.Cc1c(Cl)cccc1Cl.Cc1cc(Cl)c(O)c(Cl)c1.Cc1cc(Cl)cc(Cl)c1.Cc1ccc(F)c(Cl)c1.Cc1ccc(N)c(Cl)c1.Cc1ccccc1.Cc1ccccc1C. The minimum Gasteiger partial charge on any atom is -0.505 e. The molecule has 0 radical (unpaired) electrons. The predicted octanol–water partition coefficient (Wildman–Crippen LogP) is 26.9. The first-order chi connectivity index (χ1) is 42.8. The summed E-state index contributed by atoms with van der Waals surface area (Å²) < 4.78 is 27.3. The first kappa shape index (κ1) is 83.3. The molecule has 0 aliphatic heterocycles. The zero-order valence-electron chi connectivity index (χ0n) is 53.3. The summed E-state index contributed by atoms with van der Waals surface area (Å²) in [6, 6.07) is 60.3. The molecule has 17 heteroatoms. The van der Waals surface area contributed by atoms with Crippen LogP contribution in [-0.2, 0) is 0 Å². The van der Waals surface area contributed by atoms with Crippen LogP contribution in [0.4, 0.5) is 10.1 Å². The number of aromatic hydroxyl groups is 1. The Labute approximate surface area is 594 Å². The number of para-hydroxylation sites is 1. The molecule has 0 saturated carbocycles. The standard InChI is InChI=1S/C8H8Cl2O.C8H9ClO.C8H10O.C8H10.C7H6Cl2O.2C7H6Cl2.C7H6ClF.C7H8ClN.C7H8/c1-5-3-6(9)8(11-2)7(10)4-5;1-6-3-4-8(10-2)7(9)5-6;1-7-5-3-4-6-8(7)9-2;1-7-5-3-4-6-8(7)2;1-4-2-5(8)7(10)6(9)3-4;1-5-2-6(8)4-7(9)3-5;1-5-6(8)3-2-4-7(5)9;2*1-5-2-3-7(9)6(8)4-5;1-7-5-3-2-4-6-7/h3-4H,1-2H3;3-5H,1-2H3;3-6H,1-2H3;3-6H,1-2H3;2-3,10H,1H3;3*2-4H,1H3;2-4H,9H2,1H3;2-6H,1H3. The monoisotopic (exact) mass is 1450 g/mol. The Hall–Kier alpha value is -5.68. The quantitative estimate of drug-likeness (QED) is 0.172. The van der Waals surface area contributed by atoms with Crippen molar-refractivity contribution in [3.63, 3.8) is 0 Å². The second-order valence-electron chi connectivity index (χ2n) is 19.9. The van der Waals surface area contributed by atoms with Crippen molar-refractivity contribution in [2.45, 2.75) is 76.2 Å². The largest absolute Gasteiger partial charge is 0.505 e. The number of nitrogens with two attached hydrogens (primary N) is 1. The van der Waals surface area contributed by atoms with Crippen molar-refractivity contribution in [2.75, 3.05) is 27.1 Å². The maximum absolute atomic E-state index is 12.4. The fourth-order valence-electron chi connectivity index (χ4n) is 6.83. The fraction of sp³-hybridized carbons (Fsp3) is 0.189. The lowest BCUT2D eigenvalue weighted by Gasteiger charge is -2.05. The van der Waals surface area contributed by atoms with E-state index in [4.69, 9.17) is 153 Å². The summed E-state index contributed by atoms with van der Waals surface area (Å²) in [5.41, 5.74) is 18.6. The van der Waals surface area contributed by atoms with Crippen LogP contribution in [0.3, 0.4) is 0 Å². The van der Waals surface area contributed by atoms with Crippen LogP contribution in [0.5, 0.6) is 23.0 Å². The lowest BCUT2D eigenvalue weighted by Crippen LogP contribution is -1.86. The molecule has 0 aromatic heterocycles. The lowest BCUT2D eigenvalue weighted by atomic mass is 10.1. The number of methoxy groups -OCH3 is 3. The van der Waals surface area contributed by atoms with E-state index in [1.54, 1.807) is 57.7 Å². The minimum atomic E-state index is -0.359. The number of benzene rings is 10. The highest BCUT2D eigenvalue weighted by Gasteiger charge is 2.06. The van der Waals surface area contributed by atoms with Crippen LogP contribution >= 0.6 is 128 Å². The van der Waals surface area contributed by atoms with Gasteiger partial charge < -0.3 is 25.1 Å². The molecule has 0 atom stereocenters. The predicted molar refractivity (Wildman–Crippen MR) is 397 cm³/mol. The number of hydrogen-bond acceptors (Lipinski definition) is 5. The van der Waals surface area contributed by atoms with Gasteiger partial charge in [-0.1, -0.05) is 230 Å². The van der Waals surface area contributed by atoms with E-state index in [0.717, 1.165) is 60.5 Å². The van der Waals surface area contributed by atoms with Gasteiger partial charge in [-0.25, -0.2) is 4.39 Å². The van der Waals surface area contributed by atoms with Gasteiger partial charge in [0.15, 0.2) is 11.5 Å². The van der Waals surface area contributed by atoms with Gasteiger partial charge in [0, 0.05) is 20.1 Å². The molecule has 0 unspecified atom stereocenters. The third-order valence-corrected chi connectivity index (χ3v) is 15.2. The van der Waals surface area contributed by atoms with Gasteiger partial charge in [-0.05, 0) is 229 Å². The van der Waals surface area contributed by atoms with Crippen LogP contribution in [-0.4, -0.2) is 26.4 Å². The van der Waals surface area contributed by atoms with Crippen LogP contribution in [0.15, 0.2) is 194 Å². The Kier molecular flexibility index (Phi) is 41.7. The van der Waals surface area contributed by atoms with E-state index in [9.17, 15) is 4.39 Å². The molecule has 0 saturated heterocycles. The molecule has 0 bridgehead atoms. The van der Waals surface area contributed by atoms with Crippen molar-refractivity contribution < 1.29 is 23.7 Å². The molecule has 3 N–H and O–H groups in total. The molecule has 0 heterocycles. The van der Waals surface area contributed by atoms with Gasteiger partial charge >= 0.3 is 0 Å². The highest BCUT2D eigenvalue weighted by Crippen LogP contribution is 2.34. The van der Waals surface area contributed by atoms with E-state index >= 15 is 0 Å². The molecule has 10 aromatic rings. The zero-order chi connectivity index (χ0) is 68.9. The van der Waals surface area contributed by atoms with E-state index in [-0.39, 0.29) is 16.6 Å². The number of nitrogen functional groups attached to an aromatic ring is 1. The molecule has 0 aliphatic rings. The molecule has 91 heavy (non-hydrogen) atoms. The first-order valence-corrected chi connectivity index (χ1v) is 31.8. The maximum Gasteiger partial charge on any atom is 0.156 e. The molecule has 0 fully saturated rings. The van der Waals surface area contributed by atoms with Crippen LogP contribution in [0.25, 0.3) is 0 Å². The zero-order valence-corrected chi connectivity index (χ0v) is 61.6. The smallest absolute Gasteiger partial charge is 0.156 e. The van der Waals surface area contributed by atoms with Crippen molar-refractivity contribution in [1.82, 2.24) is 0 Å². The molecular weight excluding hydrogens is 1380 g/mol. The van der Waals surface area contributed by atoms with Gasteiger partial charge in [0.2, 0.25) is 0 Å². The average Bonchev–Trinajstić information content (AvgIpc) is 1.76. The number of rotatable bonds is 3. The number of ether oxygens (including phenoxy) is 3. The molecule has 0 spiro atoms. The summed E-state index contributed by atoms with van der Waals surface area (Å²) in [5, 5.41) is 15.1. The molecule has 0 amide bonds. The lowest BCUT2D eigenvalue weighted by molar-refractivity contribution is 0.411. The Morgan fingerprint density at radius 2 is 0.692 bits per heavy atom. The average molecular weight is 1450 g/mol. The van der Waals surface area contributed by atoms with Crippen LogP contribution in [0.2, 0.25) is 55.2 Å². The molecule has 486 valence electrons. The van der Waals surface area contributed by atoms with E-state index in [2.05, 4.69) is 57.2 Å². The number of anilines is 1. The third-order valence-electron chi connectivity index (χ3n) is 11.9. The molecule has 0 aliphatic carbocycles.